The molecule has 2 aliphatic rings. The minimum atomic E-state index is -0.498. The van der Waals surface area contributed by atoms with Crippen LogP contribution in [-0.2, 0) is 27.2 Å². The Bertz CT molecular complexity index is 1020. The molecule has 2 aromatic carbocycles. The van der Waals surface area contributed by atoms with Crippen molar-refractivity contribution in [2.24, 2.45) is 0 Å². The van der Waals surface area contributed by atoms with E-state index in [9.17, 15) is 14.4 Å². The van der Waals surface area contributed by atoms with Crippen molar-refractivity contribution < 1.29 is 19.1 Å². The standard InChI is InChI=1S/C25H25NO4/c1-17(27)26-13-12-19-7-4-5-9-22(19)23(26)15-25(29)30-16-24(28)21-11-10-18-6-2-3-8-20(18)14-21/h4-5,7,9-14,23H,2-3,6,8,15-16H2,1H3/t23-/m0/s1. The van der Waals surface area contributed by atoms with Gasteiger partial charge in [0.1, 0.15) is 0 Å². The van der Waals surface area contributed by atoms with Gasteiger partial charge in [0.25, 0.3) is 0 Å². The number of benzene rings is 2. The highest BCUT2D eigenvalue weighted by Gasteiger charge is 2.29. The van der Waals surface area contributed by atoms with Gasteiger partial charge in [-0.1, -0.05) is 36.4 Å². The van der Waals surface area contributed by atoms with E-state index in [1.54, 1.807) is 6.20 Å². The summed E-state index contributed by atoms with van der Waals surface area (Å²) in [5.74, 6) is -0.851. The summed E-state index contributed by atoms with van der Waals surface area (Å²) in [6, 6.07) is 13.0. The third kappa shape index (κ3) is 4.20. The average molecular weight is 403 g/mol. The molecule has 0 radical (unpaired) electrons. The molecule has 2 aromatic rings. The van der Waals surface area contributed by atoms with E-state index in [0.29, 0.717) is 5.56 Å². The lowest BCUT2D eigenvalue weighted by Crippen LogP contribution is -2.32. The van der Waals surface area contributed by atoms with Crippen LogP contribution >= 0.6 is 0 Å². The van der Waals surface area contributed by atoms with Crippen molar-refractivity contribution in [3.05, 3.63) is 76.5 Å². The Labute approximate surface area is 176 Å². The Morgan fingerprint density at radius 3 is 2.60 bits per heavy atom. The third-order valence-corrected chi connectivity index (χ3v) is 5.86. The topological polar surface area (TPSA) is 63.7 Å². The molecule has 154 valence electrons. The second-order valence-corrected chi connectivity index (χ2v) is 7.87. The monoisotopic (exact) mass is 403 g/mol. The van der Waals surface area contributed by atoms with Crippen LogP contribution in [0.15, 0.2) is 48.7 Å². The zero-order valence-corrected chi connectivity index (χ0v) is 17.1. The van der Waals surface area contributed by atoms with Gasteiger partial charge in [-0.15, -0.1) is 0 Å². The predicted molar refractivity (Wildman–Crippen MR) is 114 cm³/mol. The number of nitrogens with zero attached hydrogens (tertiary/aromatic N) is 1. The zero-order chi connectivity index (χ0) is 21.1. The number of amides is 1. The minimum Gasteiger partial charge on any atom is -0.457 e. The highest BCUT2D eigenvalue weighted by molar-refractivity contribution is 5.98. The van der Waals surface area contributed by atoms with Gasteiger partial charge in [0.2, 0.25) is 5.91 Å². The number of carbonyl (C=O) groups excluding carboxylic acids is 3. The van der Waals surface area contributed by atoms with Crippen LogP contribution in [0.4, 0.5) is 0 Å². The normalized spacial score (nSPS) is 17.1. The fourth-order valence-corrected chi connectivity index (χ4v) is 4.27. The molecule has 30 heavy (non-hydrogen) atoms. The number of esters is 1. The van der Waals surface area contributed by atoms with Crippen molar-refractivity contribution in [3.63, 3.8) is 0 Å². The average Bonchev–Trinajstić information content (AvgIpc) is 2.77. The lowest BCUT2D eigenvalue weighted by molar-refractivity contribution is -0.144. The van der Waals surface area contributed by atoms with E-state index < -0.39 is 12.0 Å². The summed E-state index contributed by atoms with van der Waals surface area (Å²) in [4.78, 5) is 38.6. The fourth-order valence-electron chi connectivity index (χ4n) is 4.27. The molecule has 1 amide bonds. The highest BCUT2D eigenvalue weighted by Crippen LogP contribution is 2.33. The number of ether oxygens (including phenoxy) is 1. The molecule has 0 fully saturated rings. The molecular formula is C25H25NO4. The van der Waals surface area contributed by atoms with Crippen molar-refractivity contribution in [2.45, 2.75) is 45.1 Å². The molecule has 1 heterocycles. The molecule has 1 aliphatic heterocycles. The molecule has 0 saturated carbocycles. The fraction of sp³-hybridized carbons (Fsp3) is 0.320. The van der Waals surface area contributed by atoms with E-state index in [2.05, 4.69) is 0 Å². The Kier molecular flexibility index (Phi) is 5.79. The van der Waals surface area contributed by atoms with Crippen molar-refractivity contribution in [3.8, 4) is 0 Å². The maximum absolute atomic E-state index is 12.5. The van der Waals surface area contributed by atoms with Crippen LogP contribution in [0.3, 0.4) is 0 Å². The van der Waals surface area contributed by atoms with E-state index in [1.165, 1.54) is 29.4 Å². The molecule has 5 nitrogen and oxygen atoms in total. The quantitative estimate of drug-likeness (QED) is 0.553. The van der Waals surface area contributed by atoms with Crippen molar-refractivity contribution in [1.82, 2.24) is 4.90 Å². The zero-order valence-electron chi connectivity index (χ0n) is 17.1. The third-order valence-electron chi connectivity index (χ3n) is 5.86. The van der Waals surface area contributed by atoms with Gasteiger partial charge in [0, 0.05) is 18.7 Å². The molecule has 0 N–H and O–H groups in total. The molecular weight excluding hydrogens is 378 g/mol. The van der Waals surface area contributed by atoms with Gasteiger partial charge in [0.15, 0.2) is 12.4 Å². The van der Waals surface area contributed by atoms with E-state index in [-0.39, 0.29) is 24.7 Å². The molecule has 4 rings (SSSR count). The number of hydrogen-bond donors (Lipinski definition) is 0. The van der Waals surface area contributed by atoms with E-state index in [0.717, 1.165) is 30.4 Å². The molecule has 0 aromatic heterocycles. The first kappa shape index (κ1) is 20.1. The van der Waals surface area contributed by atoms with Crippen LogP contribution in [0.5, 0.6) is 0 Å². The van der Waals surface area contributed by atoms with Gasteiger partial charge >= 0.3 is 5.97 Å². The predicted octanol–water partition coefficient (Wildman–Crippen LogP) is 4.26. The minimum absolute atomic E-state index is 0.00159. The van der Waals surface area contributed by atoms with E-state index in [1.807, 2.05) is 48.5 Å². The van der Waals surface area contributed by atoms with Gasteiger partial charge in [-0.3, -0.25) is 14.4 Å². The summed E-state index contributed by atoms with van der Waals surface area (Å²) < 4.78 is 5.30. The summed E-state index contributed by atoms with van der Waals surface area (Å²) >= 11 is 0. The molecule has 1 aliphatic carbocycles. The van der Waals surface area contributed by atoms with Crippen molar-refractivity contribution in [1.29, 1.82) is 0 Å². The Hall–Kier alpha value is -3.21. The molecule has 1 atom stereocenters. The molecule has 0 spiro atoms. The lowest BCUT2D eigenvalue weighted by atomic mass is 9.90. The Morgan fingerprint density at radius 2 is 1.80 bits per heavy atom. The van der Waals surface area contributed by atoms with Gasteiger partial charge in [-0.25, -0.2) is 0 Å². The maximum atomic E-state index is 12.5. The van der Waals surface area contributed by atoms with E-state index >= 15 is 0 Å². The number of hydrogen-bond acceptors (Lipinski definition) is 4. The second-order valence-electron chi connectivity index (χ2n) is 7.87. The van der Waals surface area contributed by atoms with Crippen LogP contribution in [0.25, 0.3) is 6.08 Å². The Morgan fingerprint density at radius 1 is 1.03 bits per heavy atom. The van der Waals surface area contributed by atoms with Crippen LogP contribution < -0.4 is 0 Å². The van der Waals surface area contributed by atoms with Gasteiger partial charge in [0.05, 0.1) is 12.5 Å². The van der Waals surface area contributed by atoms with Gasteiger partial charge in [-0.05, 0) is 60.1 Å². The number of fused-ring (bicyclic) bond motifs is 2. The first-order valence-electron chi connectivity index (χ1n) is 10.4. The van der Waals surface area contributed by atoms with Crippen molar-refractivity contribution in [2.75, 3.05) is 6.61 Å². The summed E-state index contributed by atoms with van der Waals surface area (Å²) in [6.45, 7) is 1.18. The second kappa shape index (κ2) is 8.66. The number of ketones is 1. The smallest absolute Gasteiger partial charge is 0.308 e. The number of Topliss-reactive ketones (excluding diaryl/α,β-unsaturated/α-hetero) is 1. The highest BCUT2D eigenvalue weighted by atomic mass is 16.5. The summed E-state index contributed by atoms with van der Waals surface area (Å²) in [5, 5.41) is 0. The SMILES string of the molecule is CC(=O)N1C=Cc2ccccc2[C@@H]1CC(=O)OCC(=O)c1ccc2c(c1)CCCC2. The number of aryl methyl sites for hydroxylation is 2. The van der Waals surface area contributed by atoms with Crippen LogP contribution in [0.1, 0.15) is 64.8 Å². The Balaban J connectivity index is 1.41. The summed E-state index contributed by atoms with van der Waals surface area (Å²) in [6.07, 6.45) is 7.93. The molecule has 5 heteroatoms. The first-order chi connectivity index (χ1) is 14.5. The van der Waals surface area contributed by atoms with Crippen molar-refractivity contribution >= 4 is 23.7 Å². The summed E-state index contributed by atoms with van der Waals surface area (Å²) in [7, 11) is 0. The number of rotatable bonds is 5. The van der Waals surface area contributed by atoms with Gasteiger partial charge < -0.3 is 9.64 Å². The molecule has 0 bridgehead atoms. The molecule has 0 saturated heterocycles. The van der Waals surface area contributed by atoms with Crippen LogP contribution in [0, 0.1) is 0 Å². The maximum Gasteiger partial charge on any atom is 0.308 e. The summed E-state index contributed by atoms with van der Waals surface area (Å²) in [5.41, 5.74) is 4.98. The number of carbonyl (C=O) groups is 3. The van der Waals surface area contributed by atoms with Crippen LogP contribution in [0.2, 0.25) is 0 Å². The molecule has 0 unspecified atom stereocenters. The van der Waals surface area contributed by atoms with Gasteiger partial charge in [-0.2, -0.15) is 0 Å². The largest absolute Gasteiger partial charge is 0.457 e. The van der Waals surface area contributed by atoms with E-state index in [4.69, 9.17) is 4.74 Å². The van der Waals surface area contributed by atoms with Crippen LogP contribution in [-0.4, -0.2) is 29.2 Å². The first-order valence-corrected chi connectivity index (χ1v) is 10.4. The lowest BCUT2D eigenvalue weighted by Gasteiger charge is -2.32.